The fourth-order valence-electron chi connectivity index (χ4n) is 11.3. The van der Waals surface area contributed by atoms with E-state index in [1.807, 2.05) is 18.2 Å². The molecule has 0 aliphatic rings. The van der Waals surface area contributed by atoms with Crippen molar-refractivity contribution in [3.63, 3.8) is 0 Å². The van der Waals surface area contributed by atoms with E-state index in [2.05, 4.69) is 34.3 Å². The molecule has 0 saturated carbocycles. The van der Waals surface area contributed by atoms with E-state index in [1.54, 1.807) is 36.4 Å². The minimum atomic E-state index is -4.97. The van der Waals surface area contributed by atoms with Crippen molar-refractivity contribution < 1.29 is 56.6 Å². The Kier molecular flexibility index (Phi) is 63.1. The fourth-order valence-corrected chi connectivity index (χ4v) is 12.4. The summed E-state index contributed by atoms with van der Waals surface area (Å²) in [4.78, 5) is 64.1. The molecule has 0 aromatic heterocycles. The third kappa shape index (κ3) is 65.0. The number of rotatable bonds is 57. The second-order valence-electron chi connectivity index (χ2n) is 24.7. The van der Waals surface area contributed by atoms with Gasteiger partial charge in [0, 0.05) is 0 Å². The summed E-state index contributed by atoms with van der Waals surface area (Å²) in [5, 5.41) is 0. The largest absolute Gasteiger partial charge is 3.00 e. The van der Waals surface area contributed by atoms with Crippen LogP contribution in [0, 0.1) is 0 Å². The van der Waals surface area contributed by atoms with Gasteiger partial charge in [0.05, 0.1) is 0 Å². The normalized spacial score (nSPS) is 11.4. The predicted molar refractivity (Wildman–Crippen MR) is 365 cm³/mol. The quantitative estimate of drug-likeness (QED) is 0.0293. The molecule has 0 N–H and O–H groups in total. The second-order valence-corrected chi connectivity index (χ2v) is 27.9. The van der Waals surface area contributed by atoms with Crippen LogP contribution in [-0.2, 0) is 33.0 Å². The van der Waals surface area contributed by atoms with Crippen molar-refractivity contribution in [3.05, 3.63) is 89.5 Å². The van der Waals surface area contributed by atoms with Gasteiger partial charge in [-0.2, -0.15) is 0 Å². The van der Waals surface area contributed by atoms with Crippen LogP contribution in [0.3, 0.4) is 0 Å². The average molecular weight is 1330 g/mol. The molecule has 0 aliphatic carbocycles. The maximum atomic E-state index is 10.7. The van der Waals surface area contributed by atoms with Crippen molar-refractivity contribution in [2.75, 3.05) is 0 Å². The molecule has 12 nitrogen and oxygen atoms in total. The van der Waals surface area contributed by atoms with Crippen LogP contribution in [0.15, 0.2) is 72.8 Å². The summed E-state index contributed by atoms with van der Waals surface area (Å²) in [6, 6.07) is 20.5. The van der Waals surface area contributed by atoms with Crippen LogP contribution in [0.4, 0.5) is 0 Å². The van der Waals surface area contributed by atoms with Crippen LogP contribution in [0.25, 0.3) is 0 Å². The first-order chi connectivity index (χ1) is 42.0. The average Bonchev–Trinajstić information content (AvgIpc) is 3.59. The summed E-state index contributed by atoms with van der Waals surface area (Å²) in [7, 11) is -14.9. The van der Waals surface area contributed by atoms with Crippen molar-refractivity contribution in [2.45, 2.75) is 348 Å². The van der Waals surface area contributed by atoms with E-state index in [1.165, 1.54) is 307 Å². The van der Waals surface area contributed by atoms with Gasteiger partial charge in [0.15, 0.2) is 0 Å². The predicted octanol–water partition coefficient (Wildman–Crippen LogP) is 19.3. The monoisotopic (exact) mass is 1330 g/mol. The van der Waals surface area contributed by atoms with Gasteiger partial charge in [-0.15, -0.1) is 0 Å². The Labute approximate surface area is 566 Å². The molecule has 0 atom stereocenters. The first-order valence-electron chi connectivity index (χ1n) is 35.4. The molecule has 89 heavy (non-hydrogen) atoms. The van der Waals surface area contributed by atoms with Gasteiger partial charge >= 0.3 is 34.7 Å². The summed E-state index contributed by atoms with van der Waals surface area (Å²) in [6.45, 7) is 6.81. The van der Waals surface area contributed by atoms with E-state index in [0.717, 1.165) is 55.2 Å². The minimum Gasteiger partial charge on any atom is -0.780 e. The van der Waals surface area contributed by atoms with E-state index in [-0.39, 0.29) is 52.0 Å². The molecule has 3 rings (SSSR count). The molecular weight excluding hydrogens is 1200 g/mol. The number of unbranched alkanes of at least 4 members (excludes halogenated alkanes) is 45. The molecule has 3 aromatic carbocycles. The van der Waals surface area contributed by atoms with Crippen molar-refractivity contribution >= 4 is 58.2 Å². The van der Waals surface area contributed by atoms with Crippen molar-refractivity contribution in [1.82, 2.24) is 0 Å². The number of benzene rings is 3. The zero-order chi connectivity index (χ0) is 63.6. The van der Waals surface area contributed by atoms with Crippen LogP contribution in [0.5, 0.6) is 17.2 Å². The fraction of sp³-hybridized carbons (Fsp3) is 0.750. The molecule has 3 aromatic rings. The molecule has 0 saturated heterocycles. The van der Waals surface area contributed by atoms with E-state index in [4.69, 9.17) is 0 Å². The molecular formula is C72H123Al2O12P3. The Morgan fingerprint density at radius 3 is 0.539 bits per heavy atom. The Bertz CT molecular complexity index is 1920. The van der Waals surface area contributed by atoms with Crippen LogP contribution in [-0.4, -0.2) is 34.7 Å². The third-order valence-electron chi connectivity index (χ3n) is 16.3. The number of hydrogen-bond acceptors (Lipinski definition) is 12. The topological polar surface area (TPSA) is 217 Å². The zero-order valence-corrected chi connectivity index (χ0v) is 61.4. The third-order valence-corrected chi connectivity index (χ3v) is 17.6. The van der Waals surface area contributed by atoms with Gasteiger partial charge < -0.3 is 56.6 Å². The maximum Gasteiger partial charge on any atom is 3.00 e. The second kappa shape index (κ2) is 62.7. The van der Waals surface area contributed by atoms with Crippen LogP contribution >= 0.6 is 23.5 Å². The van der Waals surface area contributed by atoms with Gasteiger partial charge in [0.2, 0.25) is 0 Å². The molecule has 504 valence electrons. The van der Waals surface area contributed by atoms with E-state index < -0.39 is 23.5 Å². The van der Waals surface area contributed by atoms with Crippen molar-refractivity contribution in [1.29, 1.82) is 0 Å². The number of phosphoric acid groups is 3. The van der Waals surface area contributed by atoms with E-state index in [9.17, 15) is 43.1 Å². The van der Waals surface area contributed by atoms with Crippen molar-refractivity contribution in [3.8, 4) is 17.2 Å². The van der Waals surface area contributed by atoms with Gasteiger partial charge in [0.25, 0.3) is 0 Å². The summed E-state index contributed by atoms with van der Waals surface area (Å²) < 4.78 is 45.3. The molecule has 17 heteroatoms. The van der Waals surface area contributed by atoms with Gasteiger partial charge in [-0.1, -0.05) is 346 Å². The van der Waals surface area contributed by atoms with Crippen LogP contribution < -0.4 is 42.9 Å². The first-order valence-corrected chi connectivity index (χ1v) is 39.8. The van der Waals surface area contributed by atoms with Crippen LogP contribution in [0.2, 0.25) is 0 Å². The number of hydrogen-bond donors (Lipinski definition) is 0. The van der Waals surface area contributed by atoms with Gasteiger partial charge in [0.1, 0.15) is 40.7 Å². The van der Waals surface area contributed by atoms with Gasteiger partial charge in [-0.25, -0.2) is 0 Å². The summed E-state index contributed by atoms with van der Waals surface area (Å²) >= 11 is 0. The summed E-state index contributed by atoms with van der Waals surface area (Å²) in [5.41, 5.74) is 3.05. The smallest absolute Gasteiger partial charge is 0.780 e. The maximum absolute atomic E-state index is 10.7. The molecule has 0 bridgehead atoms. The molecule has 0 fully saturated rings. The molecule has 0 radical (unpaired) electrons. The summed E-state index contributed by atoms with van der Waals surface area (Å²) in [6.07, 6.45) is 67.3. The van der Waals surface area contributed by atoms with Crippen LogP contribution in [0.1, 0.15) is 346 Å². The molecule has 0 heterocycles. The van der Waals surface area contributed by atoms with E-state index in [0.29, 0.717) is 0 Å². The summed E-state index contributed by atoms with van der Waals surface area (Å²) in [5.74, 6) is 0.354. The molecule has 0 spiro atoms. The molecule has 0 amide bonds. The van der Waals surface area contributed by atoms with Gasteiger partial charge in [-0.05, 0) is 91.6 Å². The minimum absolute atomic E-state index is 0. The number of phosphoric ester groups is 3. The Morgan fingerprint density at radius 1 is 0.247 bits per heavy atom. The molecule has 0 aliphatic heterocycles. The Balaban J connectivity index is 0. The Morgan fingerprint density at radius 2 is 0.393 bits per heavy atom. The first kappa shape index (κ1) is 89.6. The van der Waals surface area contributed by atoms with E-state index >= 15 is 0 Å². The van der Waals surface area contributed by atoms with Gasteiger partial charge in [-0.3, -0.25) is 0 Å². The van der Waals surface area contributed by atoms with Crippen molar-refractivity contribution in [2.24, 2.45) is 0 Å². The molecule has 0 unspecified atom stereocenters. The zero-order valence-electron chi connectivity index (χ0n) is 56.4. The standard InChI is InChI=1S/3C24H43O4P.2Al/c3*1-2-3-4-5-6-7-8-9-10-11-12-13-14-15-16-17-19-23-20-18-21-24(22-23)28-29(25,26)27;;/h3*18,20-22H,2-17,19H2,1H3,(H2,25,26,27);;/q;;;2*+3/p-6. The number of aryl methyl sites for hydroxylation is 3. The Hall–Kier alpha value is -1.43. The SMILES string of the molecule is CCCCCCCCCCCCCCCCCCc1cccc(OP(=O)([O-])[O-])c1.CCCCCCCCCCCCCCCCCCc1cccc(OP(=O)([O-])[O-])c1.CCCCCCCCCCCCCCCCCCc1cccc(OP(=O)([O-])[O-])c1.[Al+3].[Al+3].